The first-order valence-corrected chi connectivity index (χ1v) is 5.86. The lowest BCUT2D eigenvalue weighted by atomic mass is 10.2. The van der Waals surface area contributed by atoms with Crippen LogP contribution in [0.3, 0.4) is 0 Å². The largest absolute Gasteiger partial charge is 0.330 e. The maximum Gasteiger partial charge on any atom is 0.153 e. The molecule has 1 heterocycles. The molecule has 0 bridgehead atoms. The first-order chi connectivity index (χ1) is 7.61. The molecule has 1 aromatic heterocycles. The fraction of sp³-hybridized carbons (Fsp3) is 0.182. The van der Waals surface area contributed by atoms with Gasteiger partial charge in [0.05, 0.1) is 21.1 Å². The number of hydrogen-bond acceptors (Lipinski definition) is 1. The van der Waals surface area contributed by atoms with Gasteiger partial charge in [-0.3, -0.25) is 4.79 Å². The van der Waals surface area contributed by atoms with Gasteiger partial charge in [-0.05, 0) is 13.0 Å². The van der Waals surface area contributed by atoms with Crippen LogP contribution in [0.2, 0.25) is 15.2 Å². The Morgan fingerprint density at radius 1 is 1.31 bits per heavy atom. The van der Waals surface area contributed by atoms with Crippen molar-refractivity contribution in [2.75, 3.05) is 0 Å². The van der Waals surface area contributed by atoms with Crippen LogP contribution in [0.25, 0.3) is 10.9 Å². The molecule has 0 saturated heterocycles. The van der Waals surface area contributed by atoms with Crippen LogP contribution >= 0.6 is 34.8 Å². The van der Waals surface area contributed by atoms with Crippen LogP contribution in [0.1, 0.15) is 17.3 Å². The number of rotatable bonds is 2. The Hall–Kier alpha value is -0.700. The molecule has 0 fully saturated rings. The van der Waals surface area contributed by atoms with Gasteiger partial charge in [-0.2, -0.15) is 0 Å². The highest BCUT2D eigenvalue weighted by atomic mass is 35.5. The van der Waals surface area contributed by atoms with Crippen molar-refractivity contribution in [2.45, 2.75) is 13.5 Å². The second kappa shape index (κ2) is 4.28. The van der Waals surface area contributed by atoms with Crippen molar-refractivity contribution < 1.29 is 4.79 Å². The maximum atomic E-state index is 11.0. The molecule has 84 valence electrons. The van der Waals surface area contributed by atoms with Crippen LogP contribution in [-0.4, -0.2) is 10.9 Å². The van der Waals surface area contributed by atoms with E-state index in [1.54, 1.807) is 16.7 Å². The average molecular weight is 277 g/mol. The molecule has 0 spiro atoms. The van der Waals surface area contributed by atoms with Gasteiger partial charge in [-0.1, -0.05) is 40.9 Å². The summed E-state index contributed by atoms with van der Waals surface area (Å²) in [6, 6.07) is 3.42. The summed E-state index contributed by atoms with van der Waals surface area (Å²) in [5.41, 5.74) is 1.17. The minimum atomic E-state index is 0.400. The molecule has 0 radical (unpaired) electrons. The summed E-state index contributed by atoms with van der Waals surface area (Å²) in [5.74, 6) is 0. The Morgan fingerprint density at radius 2 is 2.00 bits per heavy atom. The second-order valence-electron chi connectivity index (χ2n) is 3.32. The quantitative estimate of drug-likeness (QED) is 0.744. The predicted octanol–water partition coefficient (Wildman–Crippen LogP) is 4.43. The first kappa shape index (κ1) is 11.8. The van der Waals surface area contributed by atoms with Gasteiger partial charge < -0.3 is 4.57 Å². The molecule has 0 aliphatic rings. The van der Waals surface area contributed by atoms with Crippen molar-refractivity contribution in [3.63, 3.8) is 0 Å². The number of carbonyl (C=O) groups excluding carboxylic acids is 1. The second-order valence-corrected chi connectivity index (χ2v) is 4.47. The molecule has 0 unspecified atom stereocenters. The van der Waals surface area contributed by atoms with Crippen molar-refractivity contribution in [3.8, 4) is 0 Å². The van der Waals surface area contributed by atoms with Crippen LogP contribution in [0.5, 0.6) is 0 Å². The first-order valence-electron chi connectivity index (χ1n) is 4.72. The number of fused-ring (bicyclic) bond motifs is 1. The average Bonchev–Trinajstić information content (AvgIpc) is 2.56. The highest BCUT2D eigenvalue weighted by Gasteiger charge is 2.17. The monoisotopic (exact) mass is 275 g/mol. The number of benzene rings is 1. The van der Waals surface area contributed by atoms with Crippen molar-refractivity contribution in [1.82, 2.24) is 4.57 Å². The molecular formula is C11H8Cl3NO. The molecule has 16 heavy (non-hydrogen) atoms. The van der Waals surface area contributed by atoms with E-state index in [4.69, 9.17) is 34.8 Å². The van der Waals surface area contributed by atoms with Gasteiger partial charge in [0.1, 0.15) is 5.15 Å². The molecule has 2 nitrogen and oxygen atoms in total. The Labute approximate surface area is 108 Å². The number of nitrogens with zero attached hydrogens (tertiary/aromatic N) is 1. The Balaban J connectivity index is 3.00. The lowest BCUT2D eigenvalue weighted by molar-refractivity contribution is 0.112. The fourth-order valence-electron chi connectivity index (χ4n) is 1.78. The lowest BCUT2D eigenvalue weighted by Gasteiger charge is -2.04. The minimum absolute atomic E-state index is 0.400. The Bertz CT molecular complexity index is 574. The van der Waals surface area contributed by atoms with Gasteiger partial charge in [0.2, 0.25) is 0 Å². The van der Waals surface area contributed by atoms with Crippen LogP contribution in [0.4, 0.5) is 0 Å². The van der Waals surface area contributed by atoms with Gasteiger partial charge in [0.25, 0.3) is 0 Å². The summed E-state index contributed by atoms with van der Waals surface area (Å²) in [7, 11) is 0. The topological polar surface area (TPSA) is 22.0 Å². The van der Waals surface area contributed by atoms with Crippen LogP contribution < -0.4 is 0 Å². The van der Waals surface area contributed by atoms with E-state index in [0.29, 0.717) is 32.8 Å². The number of aldehydes is 1. The standard InChI is InChI=1S/C11H8Cl3NO/c1-2-15-10-6(7(5-16)11(15)14)3-4-8(12)9(10)13/h3-5H,2H2,1H3. The third-order valence-corrected chi connectivity index (χ3v) is 3.72. The molecule has 0 atom stereocenters. The molecule has 5 heteroatoms. The lowest BCUT2D eigenvalue weighted by Crippen LogP contribution is -1.94. The van der Waals surface area contributed by atoms with Crippen molar-refractivity contribution in [2.24, 2.45) is 0 Å². The van der Waals surface area contributed by atoms with Crippen molar-refractivity contribution in [3.05, 3.63) is 32.9 Å². The van der Waals surface area contributed by atoms with E-state index < -0.39 is 0 Å². The molecule has 0 aliphatic heterocycles. The van der Waals surface area contributed by atoms with E-state index in [-0.39, 0.29) is 0 Å². The SMILES string of the molecule is CCn1c(Cl)c(C=O)c2ccc(Cl)c(Cl)c21. The summed E-state index contributed by atoms with van der Waals surface area (Å²) < 4.78 is 1.77. The van der Waals surface area contributed by atoms with E-state index in [1.807, 2.05) is 6.92 Å². The Kier molecular flexibility index (Phi) is 3.15. The zero-order valence-electron chi connectivity index (χ0n) is 8.43. The van der Waals surface area contributed by atoms with Crippen LogP contribution in [0, 0.1) is 0 Å². The summed E-state index contributed by atoms with van der Waals surface area (Å²) in [6.45, 7) is 2.56. The molecule has 0 saturated carbocycles. The highest BCUT2D eigenvalue weighted by molar-refractivity contribution is 6.46. The van der Waals surface area contributed by atoms with Gasteiger partial charge in [0, 0.05) is 11.9 Å². The van der Waals surface area contributed by atoms with Gasteiger partial charge in [0.15, 0.2) is 6.29 Å². The smallest absolute Gasteiger partial charge is 0.153 e. The summed E-state index contributed by atoms with van der Waals surface area (Å²) >= 11 is 18.2. The minimum Gasteiger partial charge on any atom is -0.330 e. The zero-order valence-corrected chi connectivity index (χ0v) is 10.7. The molecule has 2 rings (SSSR count). The summed E-state index contributed by atoms with van der Waals surface area (Å²) in [4.78, 5) is 11.0. The van der Waals surface area contributed by atoms with E-state index in [2.05, 4.69) is 0 Å². The third-order valence-electron chi connectivity index (χ3n) is 2.52. The number of hydrogen-bond donors (Lipinski definition) is 0. The summed E-state index contributed by atoms with van der Waals surface area (Å²) in [6.07, 6.45) is 0.737. The molecule has 2 aromatic rings. The van der Waals surface area contributed by atoms with Gasteiger partial charge in [-0.25, -0.2) is 0 Å². The van der Waals surface area contributed by atoms with E-state index >= 15 is 0 Å². The van der Waals surface area contributed by atoms with Crippen LogP contribution in [0.15, 0.2) is 12.1 Å². The number of halogens is 3. The summed E-state index contributed by atoms with van der Waals surface area (Å²) in [5, 5.41) is 2.01. The molecule has 1 aromatic carbocycles. The zero-order chi connectivity index (χ0) is 11.9. The highest BCUT2D eigenvalue weighted by Crippen LogP contribution is 2.37. The molecular weight excluding hydrogens is 268 g/mol. The van der Waals surface area contributed by atoms with E-state index in [9.17, 15) is 4.79 Å². The number of aromatic nitrogens is 1. The van der Waals surface area contributed by atoms with Crippen LogP contribution in [-0.2, 0) is 6.54 Å². The number of carbonyl (C=O) groups is 1. The fourth-order valence-corrected chi connectivity index (χ4v) is 2.55. The Morgan fingerprint density at radius 3 is 2.56 bits per heavy atom. The molecule has 0 N–H and O–H groups in total. The van der Waals surface area contributed by atoms with E-state index in [0.717, 1.165) is 11.7 Å². The number of aryl methyl sites for hydroxylation is 1. The third kappa shape index (κ3) is 1.53. The van der Waals surface area contributed by atoms with Crippen molar-refractivity contribution >= 4 is 52.0 Å². The molecule has 0 amide bonds. The van der Waals surface area contributed by atoms with Gasteiger partial charge >= 0.3 is 0 Å². The van der Waals surface area contributed by atoms with E-state index in [1.165, 1.54) is 0 Å². The maximum absolute atomic E-state index is 11.0. The normalized spacial score (nSPS) is 11.0. The molecule has 0 aliphatic carbocycles. The van der Waals surface area contributed by atoms with Gasteiger partial charge in [-0.15, -0.1) is 0 Å². The predicted molar refractivity (Wildman–Crippen MR) is 68.0 cm³/mol. The van der Waals surface area contributed by atoms with Crippen molar-refractivity contribution in [1.29, 1.82) is 0 Å².